The summed E-state index contributed by atoms with van der Waals surface area (Å²) < 4.78 is 10.9. The number of ether oxygens (including phenoxy) is 2. The van der Waals surface area contributed by atoms with Gasteiger partial charge in [0, 0.05) is 11.0 Å². The van der Waals surface area contributed by atoms with Crippen molar-refractivity contribution in [2.24, 2.45) is 0 Å². The molecule has 2 aromatic rings. The van der Waals surface area contributed by atoms with Crippen LogP contribution in [0.4, 0.5) is 0 Å². The molecule has 0 aliphatic rings. The molecule has 0 radical (unpaired) electrons. The Morgan fingerprint density at radius 3 is 2.42 bits per heavy atom. The van der Waals surface area contributed by atoms with E-state index in [0.717, 1.165) is 11.3 Å². The van der Waals surface area contributed by atoms with Gasteiger partial charge in [0.05, 0.1) is 12.7 Å². The highest BCUT2D eigenvalue weighted by molar-refractivity contribution is 9.10. The van der Waals surface area contributed by atoms with Gasteiger partial charge >= 0.3 is 5.97 Å². The van der Waals surface area contributed by atoms with E-state index in [9.17, 15) is 9.59 Å². The number of methoxy groups -OCH3 is 1. The molecule has 0 bridgehead atoms. The molecule has 0 aliphatic carbocycles. The van der Waals surface area contributed by atoms with Crippen LogP contribution in [0.5, 0.6) is 5.75 Å². The lowest BCUT2D eigenvalue weighted by atomic mass is 10.2. The molecule has 0 aromatic heterocycles. The molecule has 0 spiro atoms. The van der Waals surface area contributed by atoms with Crippen LogP contribution in [-0.2, 0) is 16.1 Å². The third-order valence-electron chi connectivity index (χ3n) is 3.37. The number of amides is 1. The minimum absolute atomic E-state index is 0.347. The Labute approximate surface area is 149 Å². The maximum Gasteiger partial charge on any atom is 0.340 e. The van der Waals surface area contributed by atoms with Crippen LogP contribution in [0.25, 0.3) is 0 Å². The Morgan fingerprint density at radius 1 is 1.12 bits per heavy atom. The van der Waals surface area contributed by atoms with Gasteiger partial charge in [0.1, 0.15) is 5.75 Å². The van der Waals surface area contributed by atoms with Crippen molar-refractivity contribution in [1.82, 2.24) is 5.32 Å². The first-order valence-electron chi connectivity index (χ1n) is 7.37. The van der Waals surface area contributed by atoms with Crippen molar-refractivity contribution >= 4 is 27.8 Å². The van der Waals surface area contributed by atoms with E-state index in [1.165, 1.54) is 6.92 Å². The van der Waals surface area contributed by atoms with Crippen molar-refractivity contribution in [3.8, 4) is 5.75 Å². The van der Waals surface area contributed by atoms with Crippen LogP contribution in [0.15, 0.2) is 53.0 Å². The normalized spacial score (nSPS) is 11.5. The number of esters is 1. The van der Waals surface area contributed by atoms with Crippen LogP contribution in [0, 0.1) is 0 Å². The number of nitrogens with one attached hydrogen (secondary N) is 1. The molecular weight excluding hydrogens is 374 g/mol. The van der Waals surface area contributed by atoms with E-state index >= 15 is 0 Å². The summed E-state index contributed by atoms with van der Waals surface area (Å²) in [5.74, 6) is -0.151. The van der Waals surface area contributed by atoms with Crippen molar-refractivity contribution in [2.75, 3.05) is 7.11 Å². The summed E-state index contributed by atoms with van der Waals surface area (Å²) in [7, 11) is 1.60. The number of rotatable bonds is 6. The Balaban J connectivity index is 1.87. The molecular formula is C18H18BrNO4. The van der Waals surface area contributed by atoms with Crippen LogP contribution in [0.2, 0.25) is 0 Å². The van der Waals surface area contributed by atoms with E-state index in [-0.39, 0.29) is 5.91 Å². The van der Waals surface area contributed by atoms with Gasteiger partial charge in [0.15, 0.2) is 6.10 Å². The average molecular weight is 392 g/mol. The standard InChI is InChI=1S/C18H18BrNO4/c1-12(24-18(22)15-5-3-4-6-16(15)19)17(21)20-11-13-7-9-14(23-2)10-8-13/h3-10,12H,11H2,1-2H3,(H,20,21)/t12-/m0/s1. The van der Waals surface area contributed by atoms with E-state index in [1.54, 1.807) is 31.4 Å². The number of carbonyl (C=O) groups is 2. The predicted molar refractivity (Wildman–Crippen MR) is 93.9 cm³/mol. The Bertz CT molecular complexity index is 715. The lowest BCUT2D eigenvalue weighted by Crippen LogP contribution is -2.35. The first kappa shape index (κ1) is 18.0. The fourth-order valence-electron chi connectivity index (χ4n) is 1.98. The molecule has 24 heavy (non-hydrogen) atoms. The van der Waals surface area contributed by atoms with Crippen LogP contribution in [-0.4, -0.2) is 25.1 Å². The number of halogens is 1. The maximum absolute atomic E-state index is 12.1. The SMILES string of the molecule is COc1ccc(CNC(=O)[C@H](C)OC(=O)c2ccccc2Br)cc1. The zero-order valence-corrected chi connectivity index (χ0v) is 15.0. The quantitative estimate of drug-likeness (QED) is 0.767. The second-order valence-electron chi connectivity index (χ2n) is 5.09. The summed E-state index contributed by atoms with van der Waals surface area (Å²) in [6.45, 7) is 1.89. The Morgan fingerprint density at radius 2 is 1.79 bits per heavy atom. The van der Waals surface area contributed by atoms with Crippen LogP contribution in [0.1, 0.15) is 22.8 Å². The molecule has 0 saturated heterocycles. The lowest BCUT2D eigenvalue weighted by Gasteiger charge is -2.14. The zero-order chi connectivity index (χ0) is 17.5. The molecule has 0 aliphatic heterocycles. The summed E-state index contributed by atoms with van der Waals surface area (Å²) in [5, 5.41) is 2.74. The zero-order valence-electron chi connectivity index (χ0n) is 13.4. The highest BCUT2D eigenvalue weighted by Gasteiger charge is 2.19. The van der Waals surface area contributed by atoms with E-state index in [4.69, 9.17) is 9.47 Å². The van der Waals surface area contributed by atoms with Crippen molar-refractivity contribution in [1.29, 1.82) is 0 Å². The topological polar surface area (TPSA) is 64.6 Å². The second-order valence-corrected chi connectivity index (χ2v) is 5.95. The van der Waals surface area contributed by atoms with Gasteiger partial charge in [-0.25, -0.2) is 4.79 Å². The first-order chi connectivity index (χ1) is 11.5. The van der Waals surface area contributed by atoms with Crippen molar-refractivity contribution in [3.05, 3.63) is 64.1 Å². The molecule has 1 N–H and O–H groups in total. The molecule has 2 aromatic carbocycles. The van der Waals surface area contributed by atoms with E-state index in [2.05, 4.69) is 21.2 Å². The van der Waals surface area contributed by atoms with E-state index in [1.807, 2.05) is 24.3 Å². The fourth-order valence-corrected chi connectivity index (χ4v) is 2.43. The highest BCUT2D eigenvalue weighted by atomic mass is 79.9. The number of hydrogen-bond donors (Lipinski definition) is 1. The van der Waals surface area contributed by atoms with Gasteiger partial charge in [-0.3, -0.25) is 4.79 Å². The molecule has 2 rings (SSSR count). The summed E-state index contributed by atoms with van der Waals surface area (Å²) in [6.07, 6.45) is -0.886. The average Bonchev–Trinajstić information content (AvgIpc) is 2.60. The molecule has 126 valence electrons. The molecule has 1 amide bonds. The molecule has 0 unspecified atom stereocenters. The van der Waals surface area contributed by atoms with Gasteiger partial charge < -0.3 is 14.8 Å². The largest absolute Gasteiger partial charge is 0.497 e. The van der Waals surface area contributed by atoms with Crippen molar-refractivity contribution in [3.63, 3.8) is 0 Å². The molecule has 5 nitrogen and oxygen atoms in total. The van der Waals surface area contributed by atoms with E-state index < -0.39 is 12.1 Å². The minimum Gasteiger partial charge on any atom is -0.497 e. The molecule has 0 saturated carbocycles. The Hall–Kier alpha value is -2.34. The summed E-state index contributed by atoms with van der Waals surface area (Å²) >= 11 is 3.29. The summed E-state index contributed by atoms with van der Waals surface area (Å²) in [5.41, 5.74) is 1.31. The fraction of sp³-hybridized carbons (Fsp3) is 0.222. The summed E-state index contributed by atoms with van der Waals surface area (Å²) in [6, 6.07) is 14.3. The predicted octanol–water partition coefficient (Wildman–Crippen LogP) is 3.32. The molecule has 0 fully saturated rings. The lowest BCUT2D eigenvalue weighted by molar-refractivity contribution is -0.129. The third kappa shape index (κ3) is 4.83. The van der Waals surface area contributed by atoms with E-state index in [0.29, 0.717) is 16.6 Å². The number of hydrogen-bond acceptors (Lipinski definition) is 4. The second kappa shape index (κ2) is 8.49. The minimum atomic E-state index is -0.886. The van der Waals surface area contributed by atoms with Crippen LogP contribution >= 0.6 is 15.9 Å². The van der Waals surface area contributed by atoms with Gasteiger partial charge in [-0.2, -0.15) is 0 Å². The Kier molecular flexibility index (Phi) is 6.37. The monoisotopic (exact) mass is 391 g/mol. The highest BCUT2D eigenvalue weighted by Crippen LogP contribution is 2.17. The molecule has 1 atom stereocenters. The summed E-state index contributed by atoms with van der Waals surface area (Å²) in [4.78, 5) is 24.1. The van der Waals surface area contributed by atoms with Gasteiger partial charge in [0.25, 0.3) is 5.91 Å². The maximum atomic E-state index is 12.1. The van der Waals surface area contributed by atoms with Crippen molar-refractivity contribution < 1.29 is 19.1 Å². The van der Waals surface area contributed by atoms with Gasteiger partial charge in [-0.05, 0) is 52.7 Å². The van der Waals surface area contributed by atoms with Gasteiger partial charge in [-0.15, -0.1) is 0 Å². The van der Waals surface area contributed by atoms with Crippen molar-refractivity contribution in [2.45, 2.75) is 19.6 Å². The molecule has 0 heterocycles. The number of carbonyl (C=O) groups excluding carboxylic acids is 2. The molecule has 6 heteroatoms. The third-order valence-corrected chi connectivity index (χ3v) is 4.06. The van der Waals surface area contributed by atoms with Gasteiger partial charge in [0.2, 0.25) is 0 Å². The number of benzene rings is 2. The van der Waals surface area contributed by atoms with Crippen LogP contribution < -0.4 is 10.1 Å². The van der Waals surface area contributed by atoms with Crippen LogP contribution in [0.3, 0.4) is 0 Å². The van der Waals surface area contributed by atoms with Gasteiger partial charge in [-0.1, -0.05) is 24.3 Å². The smallest absolute Gasteiger partial charge is 0.340 e. The first-order valence-corrected chi connectivity index (χ1v) is 8.16.